The molecule has 0 saturated heterocycles. The topological polar surface area (TPSA) is 113 Å². The molecule has 26 heavy (non-hydrogen) atoms. The molecule has 9 heteroatoms. The van der Waals surface area contributed by atoms with Crippen molar-refractivity contribution >= 4 is 21.9 Å². The molecule has 0 spiro atoms. The van der Waals surface area contributed by atoms with Crippen LogP contribution < -0.4 is 9.46 Å². The van der Waals surface area contributed by atoms with E-state index in [1.807, 2.05) is 0 Å². The largest absolute Gasteiger partial charge is 0.495 e. The minimum Gasteiger partial charge on any atom is -0.495 e. The van der Waals surface area contributed by atoms with E-state index in [0.29, 0.717) is 0 Å². The lowest BCUT2D eigenvalue weighted by Crippen LogP contribution is -2.33. The Kier molecular flexibility index (Phi) is 6.60. The van der Waals surface area contributed by atoms with Crippen molar-refractivity contribution in [1.29, 1.82) is 0 Å². The van der Waals surface area contributed by atoms with Crippen molar-refractivity contribution in [1.82, 2.24) is 9.62 Å². The van der Waals surface area contributed by atoms with Crippen LogP contribution in [0.3, 0.4) is 0 Å². The Balaban J connectivity index is 2.27. The minimum atomic E-state index is -3.83. The number of hydrogen-bond donors (Lipinski definition) is 2. The lowest BCUT2D eigenvalue weighted by molar-refractivity contribution is -0.137. The summed E-state index contributed by atoms with van der Waals surface area (Å²) in [5.41, 5.74) is 0.158. The summed E-state index contributed by atoms with van der Waals surface area (Å²) in [7, 11) is -0.996. The maximum atomic E-state index is 12.7. The Morgan fingerprint density at radius 2 is 1.96 bits per heavy atom. The summed E-state index contributed by atoms with van der Waals surface area (Å²) >= 11 is 0. The number of amides is 1. The van der Waals surface area contributed by atoms with Crippen LogP contribution in [0.25, 0.3) is 0 Å². The van der Waals surface area contributed by atoms with Gasteiger partial charge in [0.05, 0.1) is 13.5 Å². The molecular weight excluding hydrogens is 360 g/mol. The second kappa shape index (κ2) is 8.50. The first kappa shape index (κ1) is 20.2. The highest BCUT2D eigenvalue weighted by Gasteiger charge is 2.27. The summed E-state index contributed by atoms with van der Waals surface area (Å²) in [6.45, 7) is 0.0304. The zero-order valence-electron chi connectivity index (χ0n) is 14.9. The van der Waals surface area contributed by atoms with Crippen LogP contribution in [0.5, 0.6) is 5.75 Å². The van der Waals surface area contributed by atoms with Crippen molar-refractivity contribution in [2.24, 2.45) is 0 Å². The number of sulfonamides is 1. The number of methoxy groups -OCH3 is 1. The van der Waals surface area contributed by atoms with Gasteiger partial charge in [0.15, 0.2) is 0 Å². The summed E-state index contributed by atoms with van der Waals surface area (Å²) in [5, 5.41) is 8.73. The number of carbonyl (C=O) groups excluding carboxylic acids is 1. The standard InChI is InChI=1S/C17H24N2O6S/c1-19(10-9-16(20)21)17(22)12-7-8-14(25-2)15(11-12)26(23,24)18-13-5-3-4-6-13/h7-8,11,13,18H,3-6,9-10H2,1-2H3,(H,20,21). The van der Waals surface area contributed by atoms with Crippen LogP contribution in [0.15, 0.2) is 23.1 Å². The van der Waals surface area contributed by atoms with Crippen LogP contribution in [-0.4, -0.2) is 57.0 Å². The van der Waals surface area contributed by atoms with Gasteiger partial charge in [0, 0.05) is 25.2 Å². The highest BCUT2D eigenvalue weighted by atomic mass is 32.2. The molecule has 1 aromatic carbocycles. The maximum absolute atomic E-state index is 12.7. The fraction of sp³-hybridized carbons (Fsp3) is 0.529. The van der Waals surface area contributed by atoms with Crippen LogP contribution >= 0.6 is 0 Å². The van der Waals surface area contributed by atoms with E-state index in [9.17, 15) is 18.0 Å². The SMILES string of the molecule is COc1ccc(C(=O)N(C)CCC(=O)O)cc1S(=O)(=O)NC1CCCC1. The Bertz CT molecular complexity index is 771. The number of carbonyl (C=O) groups is 2. The van der Waals surface area contributed by atoms with Crippen molar-refractivity contribution < 1.29 is 27.9 Å². The molecule has 0 aromatic heterocycles. The van der Waals surface area contributed by atoms with Crippen molar-refractivity contribution in [2.75, 3.05) is 20.7 Å². The Labute approximate surface area is 153 Å². The van der Waals surface area contributed by atoms with Gasteiger partial charge in [-0.15, -0.1) is 0 Å². The first-order valence-corrected chi connectivity index (χ1v) is 9.90. The molecule has 0 bridgehead atoms. The number of nitrogens with one attached hydrogen (secondary N) is 1. The lowest BCUT2D eigenvalue weighted by atomic mass is 10.2. The van der Waals surface area contributed by atoms with E-state index < -0.39 is 21.9 Å². The highest BCUT2D eigenvalue weighted by Crippen LogP contribution is 2.27. The molecule has 0 unspecified atom stereocenters. The van der Waals surface area contributed by atoms with Gasteiger partial charge < -0.3 is 14.7 Å². The summed E-state index contributed by atoms with van der Waals surface area (Å²) in [6, 6.07) is 4.06. The predicted molar refractivity (Wildman–Crippen MR) is 94.8 cm³/mol. The van der Waals surface area contributed by atoms with Gasteiger partial charge in [-0.05, 0) is 31.0 Å². The van der Waals surface area contributed by atoms with Crippen LogP contribution in [0.1, 0.15) is 42.5 Å². The Morgan fingerprint density at radius 1 is 1.31 bits per heavy atom. The number of carboxylic acids is 1. The number of benzene rings is 1. The number of rotatable bonds is 8. The molecule has 0 aliphatic heterocycles. The fourth-order valence-electron chi connectivity index (χ4n) is 2.93. The number of hydrogen-bond acceptors (Lipinski definition) is 5. The van der Waals surface area contributed by atoms with Gasteiger partial charge in [-0.3, -0.25) is 9.59 Å². The summed E-state index contributed by atoms with van der Waals surface area (Å²) < 4.78 is 33.3. The van der Waals surface area contributed by atoms with Crippen LogP contribution in [0, 0.1) is 0 Å². The third-order valence-electron chi connectivity index (χ3n) is 4.38. The molecule has 0 radical (unpaired) electrons. The van der Waals surface area contributed by atoms with Gasteiger partial charge in [0.2, 0.25) is 10.0 Å². The predicted octanol–water partition coefficient (Wildman–Crippen LogP) is 1.46. The van der Waals surface area contributed by atoms with Crippen molar-refractivity contribution in [3.63, 3.8) is 0 Å². The second-order valence-electron chi connectivity index (χ2n) is 6.34. The normalized spacial score (nSPS) is 15.0. The zero-order valence-corrected chi connectivity index (χ0v) is 15.7. The Morgan fingerprint density at radius 3 is 2.54 bits per heavy atom. The average molecular weight is 384 g/mol. The number of carboxylic acid groups (broad SMARTS) is 1. The third-order valence-corrected chi connectivity index (χ3v) is 5.93. The fourth-order valence-corrected chi connectivity index (χ4v) is 4.43. The summed E-state index contributed by atoms with van der Waals surface area (Å²) in [6.07, 6.45) is 3.36. The smallest absolute Gasteiger partial charge is 0.305 e. The van der Waals surface area contributed by atoms with Crippen molar-refractivity contribution in [3.05, 3.63) is 23.8 Å². The van der Waals surface area contributed by atoms with E-state index in [0.717, 1.165) is 25.7 Å². The van der Waals surface area contributed by atoms with Crippen molar-refractivity contribution in [2.45, 2.75) is 43.0 Å². The molecule has 8 nitrogen and oxygen atoms in total. The van der Waals surface area contributed by atoms with E-state index in [2.05, 4.69) is 4.72 Å². The van der Waals surface area contributed by atoms with E-state index >= 15 is 0 Å². The molecule has 1 saturated carbocycles. The van der Waals surface area contributed by atoms with Gasteiger partial charge in [-0.25, -0.2) is 13.1 Å². The summed E-state index contributed by atoms with van der Waals surface area (Å²) in [4.78, 5) is 24.3. The molecule has 1 aromatic rings. The molecule has 144 valence electrons. The van der Waals surface area contributed by atoms with E-state index in [1.165, 1.54) is 37.3 Å². The number of aliphatic carboxylic acids is 1. The molecule has 1 amide bonds. The van der Waals surface area contributed by atoms with E-state index in [-0.39, 0.29) is 35.2 Å². The first-order chi connectivity index (χ1) is 12.2. The third kappa shape index (κ3) is 4.95. The van der Waals surface area contributed by atoms with E-state index in [4.69, 9.17) is 9.84 Å². The monoisotopic (exact) mass is 384 g/mol. The molecule has 1 aliphatic carbocycles. The van der Waals surface area contributed by atoms with Crippen molar-refractivity contribution in [3.8, 4) is 5.75 Å². The molecule has 0 heterocycles. The highest BCUT2D eigenvalue weighted by molar-refractivity contribution is 7.89. The van der Waals surface area contributed by atoms with Gasteiger partial charge in [0.1, 0.15) is 10.6 Å². The molecule has 1 fully saturated rings. The van der Waals surface area contributed by atoms with Gasteiger partial charge in [-0.1, -0.05) is 12.8 Å². The molecule has 1 aliphatic rings. The summed E-state index contributed by atoms with van der Waals surface area (Å²) in [5.74, 6) is -1.31. The average Bonchev–Trinajstić information content (AvgIpc) is 3.10. The lowest BCUT2D eigenvalue weighted by Gasteiger charge is -2.18. The number of ether oxygens (including phenoxy) is 1. The van der Waals surface area contributed by atoms with Gasteiger partial charge in [0.25, 0.3) is 5.91 Å². The first-order valence-electron chi connectivity index (χ1n) is 8.42. The molecule has 2 rings (SSSR count). The second-order valence-corrected chi connectivity index (χ2v) is 8.02. The molecule has 2 N–H and O–H groups in total. The van der Waals surface area contributed by atoms with Crippen LogP contribution in [0.4, 0.5) is 0 Å². The number of nitrogens with zero attached hydrogens (tertiary/aromatic N) is 1. The maximum Gasteiger partial charge on any atom is 0.305 e. The molecular formula is C17H24N2O6S. The quantitative estimate of drug-likeness (QED) is 0.702. The minimum absolute atomic E-state index is 0.0304. The zero-order chi connectivity index (χ0) is 19.3. The van der Waals surface area contributed by atoms with Gasteiger partial charge >= 0.3 is 5.97 Å². The van der Waals surface area contributed by atoms with Gasteiger partial charge in [-0.2, -0.15) is 0 Å². The van der Waals surface area contributed by atoms with E-state index in [1.54, 1.807) is 0 Å². The van der Waals surface area contributed by atoms with Crippen LogP contribution in [0.2, 0.25) is 0 Å². The molecule has 0 atom stereocenters. The Hall–Kier alpha value is -2.13. The van der Waals surface area contributed by atoms with Crippen LogP contribution in [-0.2, 0) is 14.8 Å².